The lowest BCUT2D eigenvalue weighted by Crippen LogP contribution is -2.34. The second-order valence-corrected chi connectivity index (χ2v) is 14.9. The van der Waals surface area contributed by atoms with E-state index in [2.05, 4.69) is 206 Å². The van der Waals surface area contributed by atoms with E-state index in [0.717, 1.165) is 39.9 Å². The number of ether oxygens (including phenoxy) is 1. The Balaban J connectivity index is 1.24. The lowest BCUT2D eigenvalue weighted by atomic mass is 9.72. The van der Waals surface area contributed by atoms with Crippen LogP contribution in [0.25, 0.3) is 43.4 Å². The van der Waals surface area contributed by atoms with Crippen LogP contribution in [0.4, 0.5) is 34.1 Å². The molecule has 0 spiro atoms. The maximum absolute atomic E-state index is 6.92. The molecule has 9 aromatic carbocycles. The summed E-state index contributed by atoms with van der Waals surface area (Å²) in [6.07, 6.45) is 0. The van der Waals surface area contributed by atoms with Crippen molar-refractivity contribution in [2.75, 3.05) is 9.80 Å². The van der Waals surface area contributed by atoms with Crippen LogP contribution in [-0.2, 0) is 5.41 Å². The molecule has 3 nitrogen and oxygen atoms in total. The van der Waals surface area contributed by atoms with Gasteiger partial charge in [-0.1, -0.05) is 153 Å². The molecular weight excluding hydrogens is 657 g/mol. The maximum Gasteiger partial charge on any atom is 0.152 e. The van der Waals surface area contributed by atoms with E-state index >= 15 is 0 Å². The van der Waals surface area contributed by atoms with Crippen molar-refractivity contribution in [1.82, 2.24) is 0 Å². The molecule has 256 valence electrons. The second kappa shape index (κ2) is 11.6. The Morgan fingerprint density at radius 3 is 1.89 bits per heavy atom. The number of nitrogens with zero attached hydrogens (tertiary/aromatic N) is 2. The molecule has 0 aliphatic carbocycles. The molecule has 0 radical (unpaired) electrons. The quantitative estimate of drug-likeness (QED) is 0.171. The number of rotatable bonds is 4. The van der Waals surface area contributed by atoms with Gasteiger partial charge in [0.25, 0.3) is 0 Å². The van der Waals surface area contributed by atoms with Crippen LogP contribution in [0.5, 0.6) is 11.5 Å². The van der Waals surface area contributed by atoms with Gasteiger partial charge in [0.1, 0.15) is 0 Å². The first-order valence-electron chi connectivity index (χ1n) is 18.7. The Hall–Kier alpha value is -6.84. The van der Waals surface area contributed by atoms with Gasteiger partial charge in [-0.15, -0.1) is 0 Å². The fourth-order valence-corrected chi connectivity index (χ4v) is 9.08. The van der Waals surface area contributed by atoms with Crippen molar-refractivity contribution in [2.24, 2.45) is 0 Å². The van der Waals surface area contributed by atoms with Crippen LogP contribution in [0, 0.1) is 0 Å². The minimum Gasteiger partial charge on any atom is -0.453 e. The largest absolute Gasteiger partial charge is 0.453 e. The van der Waals surface area contributed by atoms with Gasteiger partial charge < -0.3 is 14.5 Å². The van der Waals surface area contributed by atoms with Crippen LogP contribution in [0.3, 0.4) is 0 Å². The number of anilines is 6. The fourth-order valence-electron chi connectivity index (χ4n) is 9.08. The van der Waals surface area contributed by atoms with Crippen molar-refractivity contribution >= 4 is 66.4 Å². The molecule has 2 aliphatic heterocycles. The zero-order valence-electron chi connectivity index (χ0n) is 30.1. The molecule has 0 aromatic heterocycles. The summed E-state index contributed by atoms with van der Waals surface area (Å²) in [7, 11) is 0. The summed E-state index contributed by atoms with van der Waals surface area (Å²) in [4.78, 5) is 4.97. The highest BCUT2D eigenvalue weighted by Gasteiger charge is 2.44. The lowest BCUT2D eigenvalue weighted by molar-refractivity contribution is 0.472. The average molecular weight is 693 g/mol. The predicted molar refractivity (Wildman–Crippen MR) is 226 cm³/mol. The second-order valence-electron chi connectivity index (χ2n) is 14.9. The van der Waals surface area contributed by atoms with Crippen molar-refractivity contribution in [3.05, 3.63) is 193 Å². The highest BCUT2D eigenvalue weighted by molar-refractivity contribution is 6.15. The van der Waals surface area contributed by atoms with Crippen LogP contribution in [-0.4, -0.2) is 0 Å². The smallest absolute Gasteiger partial charge is 0.152 e. The predicted octanol–water partition coefficient (Wildman–Crippen LogP) is 14.5. The third-order valence-corrected chi connectivity index (χ3v) is 11.6. The van der Waals surface area contributed by atoms with Gasteiger partial charge in [0.15, 0.2) is 11.5 Å². The van der Waals surface area contributed by atoms with E-state index in [9.17, 15) is 0 Å². The Morgan fingerprint density at radius 1 is 0.463 bits per heavy atom. The molecule has 0 N–H and O–H groups in total. The Labute approximate surface area is 314 Å². The van der Waals surface area contributed by atoms with Crippen LogP contribution in [0.2, 0.25) is 0 Å². The third-order valence-electron chi connectivity index (χ3n) is 11.6. The van der Waals surface area contributed by atoms with E-state index < -0.39 is 0 Å². The SMILES string of the molecule is CC1(C)c2ccccc2N2c3c(ccc(N(c4ccc(-c5ccccc5)cc4)c4cc5ccccc5c5ccccc45)c31)Oc1ccc3ccccc3c12. The lowest BCUT2D eigenvalue weighted by Gasteiger charge is -2.47. The number of benzene rings is 9. The van der Waals surface area contributed by atoms with Crippen LogP contribution >= 0.6 is 0 Å². The Bertz CT molecular complexity index is 2950. The highest BCUT2D eigenvalue weighted by Crippen LogP contribution is 2.64. The number of hydrogen-bond donors (Lipinski definition) is 0. The van der Waals surface area contributed by atoms with Gasteiger partial charge in [-0.05, 0) is 80.7 Å². The topological polar surface area (TPSA) is 15.7 Å². The first-order chi connectivity index (χ1) is 26.6. The summed E-state index contributed by atoms with van der Waals surface area (Å²) in [5, 5.41) is 7.25. The summed E-state index contributed by atoms with van der Waals surface area (Å²) in [6, 6.07) is 65.9. The molecule has 54 heavy (non-hydrogen) atoms. The molecule has 2 heterocycles. The molecule has 0 unspecified atom stereocenters. The molecule has 0 amide bonds. The van der Waals surface area contributed by atoms with Crippen molar-refractivity contribution < 1.29 is 4.74 Å². The number of fused-ring (bicyclic) bond motifs is 9. The van der Waals surface area contributed by atoms with Gasteiger partial charge >= 0.3 is 0 Å². The molecule has 11 rings (SSSR count). The van der Waals surface area contributed by atoms with E-state index in [1.54, 1.807) is 0 Å². The molecule has 9 aromatic rings. The standard InChI is InChI=1S/C51H36N2O/c1-51(2)42-22-12-13-23-43(42)53-49-39-19-9-6-16-35(39)26-30-46(49)54-47-31-29-44(48(51)50(47)53)52(37-27-24-34(25-28-37)33-14-4-3-5-15-33)45-32-36-17-7-8-18-38(36)40-20-10-11-21-41(40)45/h3-32H,1-2H3. The normalized spacial score (nSPS) is 13.6. The summed E-state index contributed by atoms with van der Waals surface area (Å²) in [5.74, 6) is 1.73. The monoisotopic (exact) mass is 692 g/mol. The van der Waals surface area contributed by atoms with Gasteiger partial charge in [-0.3, -0.25) is 0 Å². The first kappa shape index (κ1) is 30.8. The maximum atomic E-state index is 6.92. The van der Waals surface area contributed by atoms with Gasteiger partial charge in [0.05, 0.1) is 28.4 Å². The number of para-hydroxylation sites is 1. The van der Waals surface area contributed by atoms with Gasteiger partial charge in [0, 0.05) is 27.4 Å². The molecular formula is C51H36N2O. The summed E-state index contributed by atoms with van der Waals surface area (Å²) in [5.41, 5.74) is 11.2. The van der Waals surface area contributed by atoms with E-state index in [4.69, 9.17) is 4.74 Å². The molecule has 0 atom stereocenters. The molecule has 0 saturated heterocycles. The minimum absolute atomic E-state index is 0.381. The highest BCUT2D eigenvalue weighted by atomic mass is 16.5. The molecule has 2 aliphatic rings. The minimum atomic E-state index is -0.381. The van der Waals surface area contributed by atoms with Crippen molar-refractivity contribution in [1.29, 1.82) is 0 Å². The summed E-state index contributed by atoms with van der Waals surface area (Å²) < 4.78 is 6.92. The fraction of sp³-hybridized carbons (Fsp3) is 0.0588. The van der Waals surface area contributed by atoms with E-state index in [1.807, 2.05) is 0 Å². The zero-order valence-corrected chi connectivity index (χ0v) is 30.1. The molecule has 0 fully saturated rings. The summed E-state index contributed by atoms with van der Waals surface area (Å²) in [6.45, 7) is 4.74. The molecule has 3 heteroatoms. The first-order valence-corrected chi connectivity index (χ1v) is 18.7. The zero-order chi connectivity index (χ0) is 36.0. The van der Waals surface area contributed by atoms with Gasteiger partial charge in [-0.2, -0.15) is 0 Å². The molecule has 0 bridgehead atoms. The van der Waals surface area contributed by atoms with Crippen LogP contribution in [0.15, 0.2) is 182 Å². The number of hydrogen-bond acceptors (Lipinski definition) is 3. The van der Waals surface area contributed by atoms with Crippen LogP contribution in [0.1, 0.15) is 25.0 Å². The Morgan fingerprint density at radius 2 is 1.07 bits per heavy atom. The van der Waals surface area contributed by atoms with E-state index in [0.29, 0.717) is 0 Å². The third kappa shape index (κ3) is 4.42. The van der Waals surface area contributed by atoms with E-state index in [-0.39, 0.29) is 5.41 Å². The van der Waals surface area contributed by atoms with Crippen molar-refractivity contribution in [2.45, 2.75) is 19.3 Å². The van der Waals surface area contributed by atoms with Gasteiger partial charge in [0.2, 0.25) is 0 Å². The average Bonchev–Trinajstić information content (AvgIpc) is 3.23. The van der Waals surface area contributed by atoms with Crippen molar-refractivity contribution in [3.63, 3.8) is 0 Å². The molecule has 0 saturated carbocycles. The Kier molecular flexibility index (Phi) is 6.60. The van der Waals surface area contributed by atoms with E-state index in [1.165, 1.54) is 60.3 Å². The van der Waals surface area contributed by atoms with Gasteiger partial charge in [-0.25, -0.2) is 0 Å². The van der Waals surface area contributed by atoms with Crippen molar-refractivity contribution in [3.8, 4) is 22.6 Å². The summed E-state index contributed by atoms with van der Waals surface area (Å²) >= 11 is 0. The van der Waals surface area contributed by atoms with Crippen LogP contribution < -0.4 is 14.5 Å².